The zero-order valence-electron chi connectivity index (χ0n) is 15.2. The van der Waals surface area contributed by atoms with Gasteiger partial charge in [-0.15, -0.1) is 0 Å². The van der Waals surface area contributed by atoms with Crippen molar-refractivity contribution in [2.75, 3.05) is 17.8 Å². The van der Waals surface area contributed by atoms with Gasteiger partial charge in [-0.25, -0.2) is 17.2 Å². The molecule has 0 fully saturated rings. The summed E-state index contributed by atoms with van der Waals surface area (Å²) < 4.78 is 54.0. The van der Waals surface area contributed by atoms with Crippen molar-refractivity contribution in [1.82, 2.24) is 4.90 Å². The Morgan fingerprint density at radius 3 is 1.96 bits per heavy atom. The van der Waals surface area contributed by atoms with Gasteiger partial charge in [-0.2, -0.15) is 0 Å². The molecule has 0 aromatic heterocycles. The van der Waals surface area contributed by atoms with Crippen LogP contribution in [-0.4, -0.2) is 32.3 Å². The molecule has 0 spiro atoms. The topological polar surface area (TPSA) is 66.5 Å². The van der Waals surface area contributed by atoms with Gasteiger partial charge >= 0.3 is 0 Å². The van der Waals surface area contributed by atoms with Crippen LogP contribution >= 0.6 is 0 Å². The monoisotopic (exact) mass is 396 g/mol. The molecule has 0 atom stereocenters. The van der Waals surface area contributed by atoms with Crippen molar-refractivity contribution in [3.8, 4) is 0 Å². The van der Waals surface area contributed by atoms with E-state index in [9.17, 15) is 22.0 Å². The normalized spacial score (nSPS) is 11.3. The van der Waals surface area contributed by atoms with Crippen molar-refractivity contribution >= 4 is 21.6 Å². The molecule has 0 aliphatic carbocycles. The Hall–Kier alpha value is -2.48. The lowest BCUT2D eigenvalue weighted by atomic mass is 10.2. The number of carbonyl (C=O) groups is 1. The molecule has 0 aliphatic rings. The van der Waals surface area contributed by atoms with Gasteiger partial charge in [-0.1, -0.05) is 19.9 Å². The largest absolute Gasteiger partial charge is 0.339 e. The molecule has 0 radical (unpaired) electrons. The molecule has 0 aliphatic heterocycles. The second kappa shape index (κ2) is 8.94. The van der Waals surface area contributed by atoms with Gasteiger partial charge in [0.1, 0.15) is 17.3 Å². The summed E-state index contributed by atoms with van der Waals surface area (Å²) in [5.74, 6) is -2.21. The highest BCUT2D eigenvalue weighted by molar-refractivity contribution is 7.92. The van der Waals surface area contributed by atoms with E-state index in [0.717, 1.165) is 31.0 Å². The van der Waals surface area contributed by atoms with E-state index in [-0.39, 0.29) is 10.8 Å². The standard InChI is InChI=1S/C19H22F2N2O3S/c1-3-12-23(13-4-2)19(24)14-8-10-15(11-9-14)27(25,26)22-18-16(20)6-5-7-17(18)21/h5-11,22H,3-4,12-13H2,1-2H3. The van der Waals surface area contributed by atoms with Crippen LogP contribution in [0.15, 0.2) is 47.4 Å². The highest BCUT2D eigenvalue weighted by Gasteiger charge is 2.20. The van der Waals surface area contributed by atoms with E-state index < -0.39 is 27.3 Å². The molecule has 0 saturated carbocycles. The fraction of sp³-hybridized carbons (Fsp3) is 0.316. The maximum absolute atomic E-state index is 13.7. The van der Waals surface area contributed by atoms with Gasteiger partial charge in [-0.05, 0) is 49.2 Å². The quantitative estimate of drug-likeness (QED) is 0.733. The highest BCUT2D eigenvalue weighted by Crippen LogP contribution is 2.22. The van der Waals surface area contributed by atoms with Crippen LogP contribution < -0.4 is 4.72 Å². The van der Waals surface area contributed by atoms with Gasteiger partial charge in [0.25, 0.3) is 15.9 Å². The predicted molar refractivity (Wildman–Crippen MR) is 100 cm³/mol. The molecule has 5 nitrogen and oxygen atoms in total. The molecule has 1 N–H and O–H groups in total. The molecule has 2 rings (SSSR count). The summed E-state index contributed by atoms with van der Waals surface area (Å²) in [6.07, 6.45) is 1.63. The van der Waals surface area contributed by atoms with Gasteiger partial charge < -0.3 is 4.90 Å². The third kappa shape index (κ3) is 5.03. The van der Waals surface area contributed by atoms with E-state index >= 15 is 0 Å². The molecule has 1 amide bonds. The Labute approximate surface area is 158 Å². The highest BCUT2D eigenvalue weighted by atomic mass is 32.2. The maximum Gasteiger partial charge on any atom is 0.262 e. The lowest BCUT2D eigenvalue weighted by Gasteiger charge is -2.21. The van der Waals surface area contributed by atoms with Crippen LogP contribution in [-0.2, 0) is 10.0 Å². The molecule has 2 aromatic carbocycles. The van der Waals surface area contributed by atoms with E-state index in [1.165, 1.54) is 24.3 Å². The number of rotatable bonds is 8. The number of anilines is 1. The minimum atomic E-state index is -4.20. The van der Waals surface area contributed by atoms with Crippen LogP contribution in [0.3, 0.4) is 0 Å². The fourth-order valence-electron chi connectivity index (χ4n) is 2.60. The Bertz CT molecular complexity index is 873. The number of sulfonamides is 1. The SMILES string of the molecule is CCCN(CCC)C(=O)c1ccc(S(=O)(=O)Nc2c(F)cccc2F)cc1. The van der Waals surface area contributed by atoms with Crippen molar-refractivity contribution in [1.29, 1.82) is 0 Å². The lowest BCUT2D eigenvalue weighted by molar-refractivity contribution is 0.0755. The van der Waals surface area contributed by atoms with Gasteiger partial charge in [0.2, 0.25) is 0 Å². The minimum absolute atomic E-state index is 0.184. The van der Waals surface area contributed by atoms with Crippen LogP contribution in [0.4, 0.5) is 14.5 Å². The molecule has 27 heavy (non-hydrogen) atoms. The number of hydrogen-bond donors (Lipinski definition) is 1. The van der Waals surface area contributed by atoms with Gasteiger partial charge in [0.05, 0.1) is 4.90 Å². The fourth-order valence-corrected chi connectivity index (χ4v) is 3.68. The Morgan fingerprint density at radius 1 is 0.963 bits per heavy atom. The van der Waals surface area contributed by atoms with Crippen LogP contribution in [0.1, 0.15) is 37.0 Å². The first-order valence-electron chi connectivity index (χ1n) is 8.66. The molecule has 146 valence electrons. The summed E-state index contributed by atoms with van der Waals surface area (Å²) in [6, 6.07) is 8.33. The number of nitrogens with zero attached hydrogens (tertiary/aromatic N) is 1. The first-order valence-corrected chi connectivity index (χ1v) is 10.1. The zero-order chi connectivity index (χ0) is 20.0. The van der Waals surface area contributed by atoms with Gasteiger partial charge in [0, 0.05) is 18.7 Å². The maximum atomic E-state index is 13.7. The van der Waals surface area contributed by atoms with Gasteiger partial charge in [0.15, 0.2) is 0 Å². The summed E-state index contributed by atoms with van der Waals surface area (Å²) in [5, 5.41) is 0. The van der Waals surface area contributed by atoms with Crippen LogP contribution in [0.2, 0.25) is 0 Å². The van der Waals surface area contributed by atoms with E-state index in [0.29, 0.717) is 18.7 Å². The predicted octanol–water partition coefficient (Wildman–Crippen LogP) is 4.03. The molecule has 8 heteroatoms. The van der Waals surface area contributed by atoms with Crippen molar-refractivity contribution in [3.63, 3.8) is 0 Å². The molecule has 0 bridgehead atoms. The third-order valence-corrected chi connectivity index (χ3v) is 5.25. The number of amides is 1. The number of nitrogens with one attached hydrogen (secondary N) is 1. The molecule has 0 unspecified atom stereocenters. The lowest BCUT2D eigenvalue weighted by Crippen LogP contribution is -2.32. The van der Waals surface area contributed by atoms with Crippen molar-refractivity contribution in [2.45, 2.75) is 31.6 Å². The zero-order valence-corrected chi connectivity index (χ0v) is 16.0. The van der Waals surface area contributed by atoms with E-state index in [4.69, 9.17) is 0 Å². The van der Waals surface area contributed by atoms with E-state index in [1.807, 2.05) is 18.6 Å². The Balaban J connectivity index is 2.24. The number of halogens is 2. The molecule has 2 aromatic rings. The second-order valence-electron chi connectivity index (χ2n) is 6.02. The summed E-state index contributed by atoms with van der Waals surface area (Å²) in [5.41, 5.74) is -0.386. The number of para-hydroxylation sites is 1. The van der Waals surface area contributed by atoms with E-state index in [2.05, 4.69) is 0 Å². The molecule has 0 heterocycles. The summed E-state index contributed by atoms with van der Waals surface area (Å²) >= 11 is 0. The molecular weight excluding hydrogens is 374 g/mol. The van der Waals surface area contributed by atoms with Crippen molar-refractivity contribution in [3.05, 3.63) is 59.7 Å². The molecular formula is C19H22F2N2O3S. The number of benzene rings is 2. The van der Waals surface area contributed by atoms with Crippen LogP contribution in [0, 0.1) is 11.6 Å². The summed E-state index contributed by atoms with van der Waals surface area (Å²) in [7, 11) is -4.20. The van der Waals surface area contributed by atoms with Crippen LogP contribution in [0.25, 0.3) is 0 Å². The van der Waals surface area contributed by atoms with Crippen molar-refractivity contribution < 1.29 is 22.0 Å². The smallest absolute Gasteiger partial charge is 0.262 e. The second-order valence-corrected chi connectivity index (χ2v) is 7.70. The van der Waals surface area contributed by atoms with Gasteiger partial charge in [-0.3, -0.25) is 9.52 Å². The Morgan fingerprint density at radius 2 is 1.48 bits per heavy atom. The van der Waals surface area contributed by atoms with E-state index in [1.54, 1.807) is 4.90 Å². The third-order valence-electron chi connectivity index (χ3n) is 3.89. The average Bonchev–Trinajstić information content (AvgIpc) is 2.64. The van der Waals surface area contributed by atoms with Crippen LogP contribution in [0.5, 0.6) is 0 Å². The summed E-state index contributed by atoms with van der Waals surface area (Å²) in [4.78, 5) is 14.0. The Kier molecular flexibility index (Phi) is 6.90. The average molecular weight is 396 g/mol. The van der Waals surface area contributed by atoms with Crippen molar-refractivity contribution in [2.24, 2.45) is 0 Å². The summed E-state index contributed by atoms with van der Waals surface area (Å²) in [6.45, 7) is 5.17. The molecule has 0 saturated heterocycles. The number of hydrogen-bond acceptors (Lipinski definition) is 3. The number of carbonyl (C=O) groups excluding carboxylic acids is 1. The first kappa shape index (κ1) is 20.8. The minimum Gasteiger partial charge on any atom is -0.339 e. The first-order chi connectivity index (χ1) is 12.8.